The van der Waals surface area contributed by atoms with Crippen molar-refractivity contribution in [1.29, 1.82) is 0 Å². The predicted molar refractivity (Wildman–Crippen MR) is 95.0 cm³/mol. The van der Waals surface area contributed by atoms with E-state index in [2.05, 4.69) is 51.1 Å². The van der Waals surface area contributed by atoms with E-state index in [0.717, 1.165) is 0 Å². The van der Waals surface area contributed by atoms with Gasteiger partial charge in [0.1, 0.15) is 0 Å². The third-order valence-electron chi connectivity index (χ3n) is 5.02. The molecule has 0 N–H and O–H groups in total. The Balaban J connectivity index is 0.00000400. The Morgan fingerprint density at radius 1 is 0.714 bits per heavy atom. The van der Waals surface area contributed by atoms with Gasteiger partial charge in [0.2, 0.25) is 0 Å². The van der Waals surface area contributed by atoms with E-state index in [1.807, 2.05) is 0 Å². The summed E-state index contributed by atoms with van der Waals surface area (Å²) in [5.74, 6) is 0. The summed E-state index contributed by atoms with van der Waals surface area (Å²) in [5, 5.41) is 0. The molecule has 0 heterocycles. The molecule has 2 heteroatoms. The van der Waals surface area contributed by atoms with Gasteiger partial charge >= 0.3 is 18.9 Å². The van der Waals surface area contributed by atoms with Gasteiger partial charge in [-0.2, -0.15) is 25.3 Å². The number of rotatable bonds is 11. The fourth-order valence-electron chi connectivity index (χ4n) is 3.76. The maximum atomic E-state index is 2.34. The summed E-state index contributed by atoms with van der Waals surface area (Å²) in [6.45, 7) is 7.01. The Morgan fingerprint density at radius 3 is 1.52 bits per heavy atom. The van der Waals surface area contributed by atoms with Crippen LogP contribution < -0.4 is 18.9 Å². The molecule has 0 nitrogen and oxygen atoms in total. The molecule has 114 valence electrons. The number of hydrogen-bond acceptors (Lipinski definition) is 0. The van der Waals surface area contributed by atoms with Crippen molar-refractivity contribution in [1.82, 2.24) is 0 Å². The van der Waals surface area contributed by atoms with E-state index in [1.165, 1.54) is 63.8 Å². The van der Waals surface area contributed by atoms with Gasteiger partial charge in [-0.1, -0.05) is 95.2 Å². The third kappa shape index (κ3) is 8.18. The van der Waals surface area contributed by atoms with Gasteiger partial charge in [0.25, 0.3) is 0 Å². The van der Waals surface area contributed by atoms with Crippen LogP contribution in [0.5, 0.6) is 0 Å². The van der Waals surface area contributed by atoms with Gasteiger partial charge in [0, 0.05) is 6.15 Å². The van der Waals surface area contributed by atoms with Gasteiger partial charge in [-0.25, -0.2) is 0 Å². The minimum atomic E-state index is -0.187. The van der Waals surface area contributed by atoms with E-state index >= 15 is 0 Å². The third-order valence-corrected chi connectivity index (χ3v) is 5.02. The summed E-state index contributed by atoms with van der Waals surface area (Å²) in [6.07, 6.45) is 13.9. The van der Waals surface area contributed by atoms with Crippen molar-refractivity contribution in [3.05, 3.63) is 35.9 Å². The Bertz CT molecular complexity index is 315. The van der Waals surface area contributed by atoms with E-state index in [0.29, 0.717) is 0 Å². The van der Waals surface area contributed by atoms with Crippen LogP contribution in [0.4, 0.5) is 0 Å². The Morgan fingerprint density at radius 2 is 1.14 bits per heavy atom. The summed E-state index contributed by atoms with van der Waals surface area (Å²) in [6, 6.07) is 11.2. The van der Waals surface area contributed by atoms with Crippen molar-refractivity contribution >= 4 is 6.15 Å². The van der Waals surface area contributed by atoms with Crippen molar-refractivity contribution in [2.75, 3.05) is 0 Å². The molecule has 0 fully saturated rings. The molecule has 0 aliphatic heterocycles. The van der Waals surface area contributed by atoms with Crippen molar-refractivity contribution in [2.45, 2.75) is 84.6 Å². The fourth-order valence-corrected chi connectivity index (χ4v) is 3.76. The minimum Gasteiger partial charge on any atom is -0.178 e. The molecular weight excluding hydrogens is 246 g/mol. The summed E-state index contributed by atoms with van der Waals surface area (Å²) in [4.78, 5) is 0. The first-order valence-corrected chi connectivity index (χ1v) is 9.02. The van der Waals surface area contributed by atoms with Crippen molar-refractivity contribution in [3.8, 4) is 0 Å². The minimum absolute atomic E-state index is 0. The van der Waals surface area contributed by atoms with Crippen LogP contribution in [0, 0.1) is 0 Å². The molecule has 0 atom stereocenters. The summed E-state index contributed by atoms with van der Waals surface area (Å²) in [5.41, 5.74) is 1.57. The van der Waals surface area contributed by atoms with Crippen molar-refractivity contribution in [2.24, 2.45) is 0 Å². The number of benzene rings is 1. The van der Waals surface area contributed by atoms with E-state index < -0.39 is 0 Å². The first kappa shape index (κ1) is 20.9. The summed E-state index contributed by atoms with van der Waals surface area (Å²) >= 11 is 0. The monoisotopic (exact) mass is 280 g/mol. The van der Waals surface area contributed by atoms with Crippen LogP contribution in [0.15, 0.2) is 30.3 Å². The number of unbranched alkanes of at least 4 members (excludes halogenated alkanes) is 3. The van der Waals surface area contributed by atoms with Crippen LogP contribution in [-0.4, -0.2) is 6.15 Å². The molecule has 1 aromatic carbocycles. The molecule has 0 aliphatic rings. The topological polar surface area (TPSA) is 0 Å². The van der Waals surface area contributed by atoms with Gasteiger partial charge in [-0.05, 0) is 0 Å². The van der Waals surface area contributed by atoms with Crippen LogP contribution in [0.25, 0.3) is 0 Å². The zero-order chi connectivity index (χ0) is 14.7. The zero-order valence-electron chi connectivity index (χ0n) is 15.0. The Labute approximate surface area is 145 Å². The maximum Gasteiger partial charge on any atom is 1.00 e. The largest absolute Gasteiger partial charge is 1.00 e. The van der Waals surface area contributed by atoms with Crippen LogP contribution >= 0.6 is 0 Å². The van der Waals surface area contributed by atoms with E-state index in [-0.39, 0.29) is 25.0 Å². The molecule has 0 saturated carbocycles. The van der Waals surface area contributed by atoms with Crippen LogP contribution in [-0.2, 0) is 6.32 Å². The first-order chi connectivity index (χ1) is 9.76. The molecule has 0 bridgehead atoms. The Hall–Kier alpha value is -0.118. The smallest absolute Gasteiger partial charge is 0.178 e. The molecule has 0 radical (unpaired) electrons. The summed E-state index contributed by atoms with van der Waals surface area (Å²) in [7, 11) is 0. The molecule has 0 saturated heterocycles. The summed E-state index contributed by atoms with van der Waals surface area (Å²) < 4.78 is 0. The van der Waals surface area contributed by atoms with Gasteiger partial charge in [-0.3, -0.25) is 0 Å². The zero-order valence-corrected chi connectivity index (χ0v) is 15.0. The van der Waals surface area contributed by atoms with Gasteiger partial charge in [0.15, 0.2) is 0 Å². The molecule has 21 heavy (non-hydrogen) atoms. The molecular formula is C19H34BLi. The Kier molecular flexibility index (Phi) is 12.4. The van der Waals surface area contributed by atoms with E-state index in [1.54, 1.807) is 5.56 Å². The average Bonchev–Trinajstić information content (AvgIpc) is 2.49. The molecule has 1 rings (SSSR count). The van der Waals surface area contributed by atoms with Gasteiger partial charge in [0.05, 0.1) is 0 Å². The van der Waals surface area contributed by atoms with E-state index in [9.17, 15) is 0 Å². The van der Waals surface area contributed by atoms with E-state index in [4.69, 9.17) is 0 Å². The SMILES string of the molecule is CCCC[B-](CCCC)(CCCC)Cc1ccccc1.[Li+]. The van der Waals surface area contributed by atoms with Crippen molar-refractivity contribution in [3.63, 3.8) is 0 Å². The fraction of sp³-hybridized carbons (Fsp3) is 0.684. The molecule has 0 aromatic heterocycles. The number of hydrogen-bond donors (Lipinski definition) is 0. The van der Waals surface area contributed by atoms with Crippen molar-refractivity contribution < 1.29 is 18.9 Å². The molecule has 0 spiro atoms. The van der Waals surface area contributed by atoms with Crippen LogP contribution in [0.2, 0.25) is 19.0 Å². The second kappa shape index (κ2) is 12.4. The molecule has 1 aromatic rings. The first-order valence-electron chi connectivity index (χ1n) is 9.02. The van der Waals surface area contributed by atoms with Crippen LogP contribution in [0.1, 0.15) is 64.9 Å². The second-order valence-electron chi connectivity index (χ2n) is 6.85. The normalized spacial score (nSPS) is 11.2. The van der Waals surface area contributed by atoms with Crippen LogP contribution in [0.3, 0.4) is 0 Å². The molecule has 0 unspecified atom stereocenters. The van der Waals surface area contributed by atoms with Gasteiger partial charge in [-0.15, -0.1) is 0 Å². The quantitative estimate of drug-likeness (QED) is 0.543. The standard InChI is InChI=1S/C19H34B.Li/c1-4-7-15-20(16-8-5-2,17-9-6-3)18-19-13-11-10-12-14-19;/h10-14H,4-9,15-18H2,1-3H3;/q-1;+1. The second-order valence-corrected chi connectivity index (χ2v) is 6.85. The molecule has 0 amide bonds. The molecule has 0 aliphatic carbocycles. The predicted octanol–water partition coefficient (Wildman–Crippen LogP) is 3.62. The average molecular weight is 280 g/mol. The van der Waals surface area contributed by atoms with Gasteiger partial charge < -0.3 is 0 Å². The maximum absolute atomic E-state index is 2.34.